The van der Waals surface area contributed by atoms with Crippen molar-refractivity contribution in [2.75, 3.05) is 23.5 Å². The van der Waals surface area contributed by atoms with Gasteiger partial charge in [0.25, 0.3) is 0 Å². The molecule has 3 rings (SSSR count). The van der Waals surface area contributed by atoms with Crippen LogP contribution in [0.3, 0.4) is 0 Å². The number of hydrogen-bond acceptors (Lipinski definition) is 10. The van der Waals surface area contributed by atoms with Crippen molar-refractivity contribution in [1.82, 2.24) is 19.5 Å². The van der Waals surface area contributed by atoms with E-state index in [9.17, 15) is 20.1 Å². The number of ether oxygens (including phenoxy) is 1. The summed E-state index contributed by atoms with van der Waals surface area (Å²) in [4.78, 5) is 22.8. The Labute approximate surface area is 159 Å². The van der Waals surface area contributed by atoms with Gasteiger partial charge in [-0.05, 0) is 10.9 Å². The fraction of sp³-hybridized carbons (Fsp3) is 0.600. The Morgan fingerprint density at radius 3 is 2.96 bits per heavy atom. The SMILES string of the molecule is [3H]C[S+](CC[C@H](N)C(=O)[O-])C[C@H]1O[C@@H](n2cnc3c(N)ncnc32)[C@H](O)[C@@H]1O. The molecular formula is C15H22N6O5S. The summed E-state index contributed by atoms with van der Waals surface area (Å²) in [5.74, 6) is -0.464. The zero-order valence-electron chi connectivity index (χ0n) is 15.3. The molecule has 1 unspecified atom stereocenters. The van der Waals surface area contributed by atoms with E-state index in [-0.39, 0.29) is 18.5 Å². The van der Waals surface area contributed by atoms with Crippen LogP contribution in [0.1, 0.15) is 14.0 Å². The Hall–Kier alpha value is -1.99. The predicted octanol–water partition coefficient (Wildman–Crippen LogP) is -3.26. The first-order valence-electron chi connectivity index (χ1n) is 8.88. The number of carbonyl (C=O) groups excluding carboxylic acids is 1. The van der Waals surface area contributed by atoms with E-state index in [0.717, 1.165) is 0 Å². The molecule has 1 aliphatic heterocycles. The lowest BCUT2D eigenvalue weighted by molar-refractivity contribution is -0.307. The van der Waals surface area contributed by atoms with Gasteiger partial charge < -0.3 is 36.3 Å². The number of aliphatic hydroxyl groups excluding tert-OH is 2. The molecule has 11 nitrogen and oxygen atoms in total. The summed E-state index contributed by atoms with van der Waals surface area (Å²) in [6.45, 7) is 0. The Balaban J connectivity index is 1.71. The normalized spacial score (nSPS) is 28.2. The molecule has 2 aromatic heterocycles. The topological polar surface area (TPSA) is 185 Å². The zero-order chi connectivity index (χ0) is 20.4. The molecule has 0 radical (unpaired) electrons. The second kappa shape index (κ2) is 7.94. The van der Waals surface area contributed by atoms with Crippen molar-refractivity contribution in [1.29, 1.82) is 0 Å². The number of nitrogens with two attached hydrogens (primary N) is 2. The van der Waals surface area contributed by atoms with Crippen LogP contribution in [0.2, 0.25) is 0 Å². The molecule has 27 heavy (non-hydrogen) atoms. The number of aliphatic hydroxyl groups is 2. The molecule has 6 atom stereocenters. The third-order valence-corrected chi connectivity index (χ3v) is 6.03. The summed E-state index contributed by atoms with van der Waals surface area (Å²) in [6, 6.07) is -1.10. The number of anilines is 1. The lowest BCUT2D eigenvalue weighted by Gasteiger charge is -2.16. The van der Waals surface area contributed by atoms with Crippen molar-refractivity contribution >= 4 is 33.8 Å². The quantitative estimate of drug-likeness (QED) is 0.344. The second-order valence-corrected chi connectivity index (χ2v) is 8.29. The molecule has 6 N–H and O–H groups in total. The van der Waals surface area contributed by atoms with E-state index in [1.807, 2.05) is 0 Å². The molecule has 0 bridgehead atoms. The van der Waals surface area contributed by atoms with E-state index in [2.05, 4.69) is 15.0 Å². The van der Waals surface area contributed by atoms with Crippen LogP contribution in [-0.4, -0.2) is 77.8 Å². The van der Waals surface area contributed by atoms with Gasteiger partial charge in [-0.15, -0.1) is 0 Å². The highest BCUT2D eigenvalue weighted by atomic mass is 32.2. The van der Waals surface area contributed by atoms with Crippen molar-refractivity contribution in [3.63, 3.8) is 0 Å². The summed E-state index contributed by atoms with van der Waals surface area (Å²) >= 11 is 0. The van der Waals surface area contributed by atoms with Crippen LogP contribution >= 0.6 is 0 Å². The van der Waals surface area contributed by atoms with E-state index in [0.29, 0.717) is 22.7 Å². The van der Waals surface area contributed by atoms with Crippen molar-refractivity contribution in [3.05, 3.63) is 12.7 Å². The Morgan fingerprint density at radius 2 is 2.26 bits per heavy atom. The fourth-order valence-corrected chi connectivity index (χ4v) is 4.37. The van der Waals surface area contributed by atoms with E-state index in [1.165, 1.54) is 17.2 Å². The predicted molar refractivity (Wildman–Crippen MR) is 96.3 cm³/mol. The van der Waals surface area contributed by atoms with Crippen molar-refractivity contribution < 1.29 is 26.2 Å². The molecule has 1 saturated heterocycles. The van der Waals surface area contributed by atoms with E-state index in [1.54, 1.807) is 0 Å². The summed E-state index contributed by atoms with van der Waals surface area (Å²) in [5, 5.41) is 31.6. The van der Waals surface area contributed by atoms with E-state index in [4.69, 9.17) is 17.6 Å². The van der Waals surface area contributed by atoms with Gasteiger partial charge in [-0.3, -0.25) is 4.57 Å². The summed E-state index contributed by atoms with van der Waals surface area (Å²) in [5.41, 5.74) is 11.9. The molecule has 3 heterocycles. The minimum atomic E-state index is -1.34. The number of fused-ring (bicyclic) bond motifs is 1. The van der Waals surface area contributed by atoms with Crippen LogP contribution in [0.15, 0.2) is 12.7 Å². The maximum absolute atomic E-state index is 10.7. The van der Waals surface area contributed by atoms with Crippen LogP contribution < -0.4 is 16.6 Å². The number of carboxylic acids is 1. The van der Waals surface area contributed by atoms with Gasteiger partial charge in [0.2, 0.25) is 0 Å². The standard InChI is InChI=1S/C15H22N6O5S/c1-27(3-2-7(16)15(24)25)4-8-10(22)11(23)14(26-8)21-6-20-9-12(17)18-5-19-13(9)21/h5-8,10-11,14,22-23H,2-4,16H2,1H3,(H2-,17,18,19,24,25)/t7-,8+,10+,11+,14+,27?/m0/s1/i1T. The third kappa shape index (κ3) is 3.99. The highest BCUT2D eigenvalue weighted by molar-refractivity contribution is 7.96. The number of imidazole rings is 1. The molecule has 0 amide bonds. The van der Waals surface area contributed by atoms with Crippen molar-refractivity contribution in [2.45, 2.75) is 37.0 Å². The minimum Gasteiger partial charge on any atom is -0.548 e. The second-order valence-electron chi connectivity index (χ2n) is 6.33. The van der Waals surface area contributed by atoms with Crippen LogP contribution in [-0.2, 0) is 20.4 Å². The van der Waals surface area contributed by atoms with Gasteiger partial charge in [-0.1, -0.05) is 0 Å². The smallest absolute Gasteiger partial charge is 0.167 e. The number of hydrogen-bond donors (Lipinski definition) is 4. The molecule has 0 spiro atoms. The number of aliphatic carboxylic acids is 1. The average molecular weight is 400 g/mol. The third-order valence-electron chi connectivity index (χ3n) is 4.42. The van der Waals surface area contributed by atoms with Gasteiger partial charge in [0.05, 0.1) is 19.9 Å². The van der Waals surface area contributed by atoms with E-state index < -0.39 is 47.4 Å². The Morgan fingerprint density at radius 1 is 1.48 bits per heavy atom. The van der Waals surface area contributed by atoms with Crippen LogP contribution in [0, 0.1) is 0 Å². The van der Waals surface area contributed by atoms with Gasteiger partial charge in [0, 0.05) is 12.5 Å². The molecular weight excluding hydrogens is 376 g/mol. The monoisotopic (exact) mass is 400 g/mol. The zero-order valence-corrected chi connectivity index (χ0v) is 15.2. The Kier molecular flexibility index (Phi) is 5.41. The fourth-order valence-electron chi connectivity index (χ4n) is 2.88. The number of nitrogens with zero attached hydrogens (tertiary/aromatic N) is 4. The minimum absolute atomic E-state index is 0.0326. The first-order chi connectivity index (χ1) is 13.3. The molecule has 2 aromatic rings. The van der Waals surface area contributed by atoms with Crippen LogP contribution in [0.25, 0.3) is 11.2 Å². The molecule has 12 heteroatoms. The van der Waals surface area contributed by atoms with Gasteiger partial charge in [-0.25, -0.2) is 15.0 Å². The van der Waals surface area contributed by atoms with Gasteiger partial charge in [0.15, 0.2) is 17.7 Å². The first-order valence-corrected chi connectivity index (χ1v) is 9.91. The Bertz CT molecular complexity index is 840. The highest BCUT2D eigenvalue weighted by Crippen LogP contribution is 2.32. The summed E-state index contributed by atoms with van der Waals surface area (Å²) < 4.78 is 15.0. The molecule has 0 aliphatic carbocycles. The summed E-state index contributed by atoms with van der Waals surface area (Å²) in [7, 11) is -0.558. The molecule has 0 aromatic carbocycles. The first kappa shape index (κ1) is 18.4. The van der Waals surface area contributed by atoms with E-state index >= 15 is 0 Å². The summed E-state index contributed by atoms with van der Waals surface area (Å²) in [6.07, 6.45) is -1.21. The van der Waals surface area contributed by atoms with Crippen molar-refractivity contribution in [2.24, 2.45) is 5.73 Å². The molecule has 1 aliphatic rings. The van der Waals surface area contributed by atoms with Gasteiger partial charge >= 0.3 is 0 Å². The van der Waals surface area contributed by atoms with Crippen molar-refractivity contribution in [3.8, 4) is 0 Å². The lowest BCUT2D eigenvalue weighted by Crippen LogP contribution is -2.43. The number of nitrogen functional groups attached to an aromatic ring is 1. The lowest BCUT2D eigenvalue weighted by atomic mass is 10.1. The number of rotatable bonds is 7. The highest BCUT2D eigenvalue weighted by Gasteiger charge is 2.46. The van der Waals surface area contributed by atoms with Crippen LogP contribution in [0.4, 0.5) is 5.82 Å². The molecule has 148 valence electrons. The van der Waals surface area contributed by atoms with Gasteiger partial charge in [-0.2, -0.15) is 0 Å². The maximum Gasteiger partial charge on any atom is 0.167 e. The number of aromatic nitrogens is 4. The largest absolute Gasteiger partial charge is 0.548 e. The maximum atomic E-state index is 10.7. The number of carboxylic acid groups (broad SMARTS) is 1. The molecule has 0 saturated carbocycles. The number of carbonyl (C=O) groups is 1. The molecule has 1 fully saturated rings. The van der Waals surface area contributed by atoms with Crippen LogP contribution in [0.5, 0.6) is 0 Å². The van der Waals surface area contributed by atoms with Gasteiger partial charge in [0.1, 0.15) is 41.7 Å². The average Bonchev–Trinajstić information content (AvgIpc) is 3.21.